The molecule has 1 aromatic rings. The summed E-state index contributed by atoms with van der Waals surface area (Å²) in [5.41, 5.74) is 2.82. The molecule has 0 saturated carbocycles. The van der Waals surface area contributed by atoms with Crippen molar-refractivity contribution in [2.75, 3.05) is 20.8 Å². The van der Waals surface area contributed by atoms with Crippen molar-refractivity contribution < 1.29 is 48.3 Å². The first-order chi connectivity index (χ1) is 28.4. The monoisotopic (exact) mass is 839 g/mol. The van der Waals surface area contributed by atoms with E-state index in [1.54, 1.807) is 69.4 Å². The van der Waals surface area contributed by atoms with Crippen molar-refractivity contribution in [1.29, 1.82) is 0 Å². The van der Waals surface area contributed by atoms with E-state index >= 15 is 0 Å². The number of carbonyl (C=O) groups is 2. The Bertz CT molecular complexity index is 1700. The van der Waals surface area contributed by atoms with Gasteiger partial charge in [0.15, 0.2) is 6.61 Å². The highest BCUT2D eigenvalue weighted by Gasteiger charge is 2.38. The second-order valence-corrected chi connectivity index (χ2v) is 16.2. The van der Waals surface area contributed by atoms with Crippen LogP contribution in [0.3, 0.4) is 0 Å². The average molecular weight is 839 g/mol. The topological polar surface area (TPSA) is 156 Å². The Morgan fingerprint density at radius 3 is 2.40 bits per heavy atom. The molecule has 0 aliphatic carbocycles. The number of aliphatic hydroxyl groups is 3. The first-order valence-corrected chi connectivity index (χ1v) is 21.0. The number of aliphatic hydroxyl groups excluding tert-OH is 3. The molecule has 1 amide bonds. The van der Waals surface area contributed by atoms with Gasteiger partial charge in [0, 0.05) is 37.3 Å². The van der Waals surface area contributed by atoms with E-state index in [-0.39, 0.29) is 41.6 Å². The van der Waals surface area contributed by atoms with Crippen molar-refractivity contribution in [3.8, 4) is 0 Å². The molecule has 1 aromatic carbocycles. The molecule has 0 bridgehead atoms. The van der Waals surface area contributed by atoms with Gasteiger partial charge >= 0.3 is 5.97 Å². The van der Waals surface area contributed by atoms with Crippen molar-refractivity contribution >= 4 is 17.6 Å². The molecule has 11 atom stereocenters. The minimum Gasteiger partial charge on any atom is -0.490 e. The van der Waals surface area contributed by atoms with E-state index < -0.39 is 60.8 Å². The molecule has 0 aromatic heterocycles. The van der Waals surface area contributed by atoms with E-state index in [0.717, 1.165) is 24.8 Å². The van der Waals surface area contributed by atoms with Crippen LogP contribution < -0.4 is 5.32 Å². The summed E-state index contributed by atoms with van der Waals surface area (Å²) in [6.45, 7) is 17.0. The van der Waals surface area contributed by atoms with Crippen LogP contribution in [-0.4, -0.2) is 84.3 Å². The summed E-state index contributed by atoms with van der Waals surface area (Å²) >= 11 is 0. The SMILES string of the molecule is C/C=C/C(O)C(C)/C=C/C(=N\OCC(=O)NCc1ccc(F)cc1)C(C)C(O)C(C)C1OC(=O)/C(OC)=C/C(C)=C/C(C)C(O)C(CC)CC(C)C/C(C)=C/C=C/C1OC. The summed E-state index contributed by atoms with van der Waals surface area (Å²) in [5, 5.41) is 40.9. The average Bonchev–Trinajstić information content (AvgIpc) is 3.22. The molecule has 0 fully saturated rings. The smallest absolute Gasteiger partial charge is 0.373 e. The number of benzene rings is 1. The van der Waals surface area contributed by atoms with Gasteiger partial charge in [-0.15, -0.1) is 0 Å². The summed E-state index contributed by atoms with van der Waals surface area (Å²) in [4.78, 5) is 32.0. The molecule has 1 aliphatic rings. The van der Waals surface area contributed by atoms with Crippen LogP contribution in [0.1, 0.15) is 87.1 Å². The summed E-state index contributed by atoms with van der Waals surface area (Å²) in [5.74, 6) is -3.29. The Balaban J connectivity index is 2.53. The van der Waals surface area contributed by atoms with Gasteiger partial charge in [0.25, 0.3) is 5.91 Å². The highest BCUT2D eigenvalue weighted by molar-refractivity contribution is 5.96. The second kappa shape index (κ2) is 26.8. The number of nitrogens with one attached hydrogen (secondary N) is 1. The molecule has 12 heteroatoms. The molecule has 0 spiro atoms. The highest BCUT2D eigenvalue weighted by atomic mass is 19.1. The second-order valence-electron chi connectivity index (χ2n) is 16.2. The fourth-order valence-electron chi connectivity index (χ4n) is 7.32. The molecule has 60 heavy (non-hydrogen) atoms. The first kappa shape index (κ1) is 51.8. The quantitative estimate of drug-likeness (QED) is 0.0562. The van der Waals surface area contributed by atoms with Gasteiger partial charge in [-0.1, -0.05) is 119 Å². The van der Waals surface area contributed by atoms with Gasteiger partial charge in [0.2, 0.25) is 5.76 Å². The number of amides is 1. The Kier molecular flexibility index (Phi) is 23.1. The number of nitrogens with zero attached hydrogens (tertiary/aromatic N) is 1. The third kappa shape index (κ3) is 17.3. The summed E-state index contributed by atoms with van der Waals surface area (Å²) in [6.07, 6.45) is 14.1. The van der Waals surface area contributed by atoms with Crippen molar-refractivity contribution in [2.24, 2.45) is 40.7 Å². The largest absolute Gasteiger partial charge is 0.490 e. The molecule has 2 rings (SSSR count). The lowest BCUT2D eigenvalue weighted by atomic mass is 9.81. The van der Waals surface area contributed by atoms with Gasteiger partial charge in [0.1, 0.15) is 18.0 Å². The fourth-order valence-corrected chi connectivity index (χ4v) is 7.32. The Hall–Kier alpha value is -4.36. The Morgan fingerprint density at radius 1 is 1.10 bits per heavy atom. The van der Waals surface area contributed by atoms with Crippen LogP contribution in [0.5, 0.6) is 0 Å². The summed E-state index contributed by atoms with van der Waals surface area (Å²) in [7, 11) is 2.88. The number of cyclic esters (lactones) is 1. The maximum absolute atomic E-state index is 13.9. The molecule has 0 saturated heterocycles. The minimum atomic E-state index is -1.20. The lowest BCUT2D eigenvalue weighted by molar-refractivity contribution is -0.161. The van der Waals surface area contributed by atoms with E-state index in [1.807, 2.05) is 39.0 Å². The normalized spacial score (nSPS) is 28.6. The van der Waals surface area contributed by atoms with Gasteiger partial charge in [-0.2, -0.15) is 0 Å². The van der Waals surface area contributed by atoms with Crippen LogP contribution in [-0.2, 0) is 35.2 Å². The molecule has 11 unspecified atom stereocenters. The molecular formula is C48H71FN2O9. The Labute approximate surface area is 357 Å². The number of rotatable bonds is 16. The summed E-state index contributed by atoms with van der Waals surface area (Å²) in [6, 6.07) is 5.75. The van der Waals surface area contributed by atoms with Gasteiger partial charge in [0.05, 0.1) is 31.1 Å². The van der Waals surface area contributed by atoms with Crippen LogP contribution in [0, 0.1) is 41.3 Å². The predicted molar refractivity (Wildman–Crippen MR) is 235 cm³/mol. The van der Waals surface area contributed by atoms with Crippen molar-refractivity contribution in [1.82, 2.24) is 5.32 Å². The lowest BCUT2D eigenvalue weighted by Crippen LogP contribution is -2.45. The molecular weight excluding hydrogens is 768 g/mol. The maximum atomic E-state index is 13.9. The van der Waals surface area contributed by atoms with Gasteiger partial charge in [-0.05, 0) is 75.3 Å². The van der Waals surface area contributed by atoms with Crippen LogP contribution in [0.4, 0.5) is 4.39 Å². The Morgan fingerprint density at radius 2 is 1.78 bits per heavy atom. The molecule has 1 aliphatic heterocycles. The third-order valence-corrected chi connectivity index (χ3v) is 11.1. The van der Waals surface area contributed by atoms with Crippen LogP contribution >= 0.6 is 0 Å². The minimum absolute atomic E-state index is 0.0634. The zero-order valence-electron chi connectivity index (χ0n) is 37.5. The van der Waals surface area contributed by atoms with Gasteiger partial charge in [-0.3, -0.25) is 4.79 Å². The third-order valence-electron chi connectivity index (χ3n) is 11.1. The van der Waals surface area contributed by atoms with E-state index in [1.165, 1.54) is 26.4 Å². The van der Waals surface area contributed by atoms with E-state index in [4.69, 9.17) is 19.0 Å². The zero-order valence-corrected chi connectivity index (χ0v) is 37.5. The van der Waals surface area contributed by atoms with Crippen LogP contribution in [0.2, 0.25) is 0 Å². The lowest BCUT2D eigenvalue weighted by Gasteiger charge is -2.34. The van der Waals surface area contributed by atoms with Gasteiger partial charge < -0.3 is 39.7 Å². The van der Waals surface area contributed by atoms with Crippen molar-refractivity contribution in [2.45, 2.75) is 119 Å². The van der Waals surface area contributed by atoms with Crippen molar-refractivity contribution in [3.05, 3.63) is 107 Å². The highest BCUT2D eigenvalue weighted by Crippen LogP contribution is 2.30. The maximum Gasteiger partial charge on any atom is 0.373 e. The number of methoxy groups -OCH3 is 2. The number of ether oxygens (including phenoxy) is 3. The number of esters is 1. The zero-order chi connectivity index (χ0) is 44.9. The van der Waals surface area contributed by atoms with E-state index in [2.05, 4.69) is 31.2 Å². The molecule has 11 nitrogen and oxygen atoms in total. The number of hydrogen-bond acceptors (Lipinski definition) is 10. The molecule has 4 N–H and O–H groups in total. The molecule has 0 radical (unpaired) electrons. The number of hydrogen-bond donors (Lipinski definition) is 4. The number of carbonyl (C=O) groups excluding carboxylic acids is 2. The first-order valence-electron chi connectivity index (χ1n) is 21.0. The number of oxime groups is 1. The predicted octanol–water partition coefficient (Wildman–Crippen LogP) is 7.94. The van der Waals surface area contributed by atoms with Gasteiger partial charge in [-0.25, -0.2) is 9.18 Å². The number of halogens is 1. The standard InChI is InChI=1S/C48H71FN2O9/c1-12-15-41(52)33(6)18-23-40(51-59-29-44(53)50-28-37-19-21-39(49)22-20-37)35(8)46(55)36(9)47-42(57-10)17-14-16-30(3)24-31(4)26-38(13-2)45(54)34(7)25-32(5)27-43(58-11)48(56)60-47/h12,14-23,25,27,31,33-36,38,41-42,45-47,52,54-55H,13,24,26,28-29H2,1-11H3,(H,50,53)/b15-12+,17-14+,23-18+,30-16+,32-25+,43-27-,51-40+. The number of allylic oxidation sites excluding steroid dienone is 7. The van der Waals surface area contributed by atoms with Crippen molar-refractivity contribution in [3.63, 3.8) is 0 Å². The summed E-state index contributed by atoms with van der Waals surface area (Å²) < 4.78 is 30.9. The van der Waals surface area contributed by atoms with E-state index in [9.17, 15) is 29.3 Å². The van der Waals surface area contributed by atoms with E-state index in [0.29, 0.717) is 17.1 Å². The fraction of sp³-hybridized carbons (Fsp3) is 0.562. The molecule has 334 valence electrons. The van der Waals surface area contributed by atoms with Crippen LogP contribution in [0.15, 0.2) is 101 Å². The van der Waals surface area contributed by atoms with Crippen LogP contribution in [0.25, 0.3) is 0 Å². The molecule has 1 heterocycles.